The van der Waals surface area contributed by atoms with Crippen LogP contribution in [0.15, 0.2) is 10.2 Å². The minimum Gasteiger partial charge on any atom is -0.481 e. The Labute approximate surface area is 107 Å². The van der Waals surface area contributed by atoms with Crippen molar-refractivity contribution in [2.45, 2.75) is 26.3 Å². The molecular weight excluding hydrogens is 256 g/mol. The van der Waals surface area contributed by atoms with Crippen LogP contribution in [0.3, 0.4) is 0 Å². The van der Waals surface area contributed by atoms with Gasteiger partial charge in [-0.05, 0) is 19.8 Å². The normalized spacial score (nSPS) is 16.3. The average molecular weight is 270 g/mol. The maximum Gasteiger partial charge on any atom is 0.311 e. The lowest BCUT2D eigenvalue weighted by Crippen LogP contribution is -2.37. The largest absolute Gasteiger partial charge is 0.481 e. The van der Waals surface area contributed by atoms with E-state index in [1.165, 1.54) is 4.57 Å². The fraction of sp³-hybridized carbons (Fsp3) is 0.545. The van der Waals surface area contributed by atoms with Gasteiger partial charge in [0.1, 0.15) is 6.54 Å². The first-order chi connectivity index (χ1) is 8.44. The number of carboxylic acids is 1. The summed E-state index contributed by atoms with van der Waals surface area (Å²) in [6.07, 6.45) is 1.19. The first-order valence-corrected chi connectivity index (χ1v) is 6.48. The lowest BCUT2D eigenvalue weighted by molar-refractivity contribution is -0.143. The van der Waals surface area contributed by atoms with Gasteiger partial charge in [0.25, 0.3) is 0 Å². The highest BCUT2D eigenvalue weighted by Crippen LogP contribution is 2.45. The molecule has 7 heteroatoms. The van der Waals surface area contributed by atoms with Crippen molar-refractivity contribution in [2.24, 2.45) is 5.41 Å². The summed E-state index contributed by atoms with van der Waals surface area (Å²) in [5, 5.41) is 13.2. The second kappa shape index (κ2) is 4.56. The zero-order chi connectivity index (χ0) is 13.3. The number of aryl methyl sites for hydroxylation is 1. The van der Waals surface area contributed by atoms with Gasteiger partial charge in [-0.2, -0.15) is 0 Å². The van der Waals surface area contributed by atoms with Crippen LogP contribution < -0.4 is 10.2 Å². The van der Waals surface area contributed by atoms with E-state index in [9.17, 15) is 14.4 Å². The molecule has 1 amide bonds. The molecule has 1 aliphatic carbocycles. The molecule has 0 radical (unpaired) electrons. The molecule has 1 fully saturated rings. The molecule has 2 rings (SSSR count). The van der Waals surface area contributed by atoms with Crippen LogP contribution in [0, 0.1) is 12.3 Å². The van der Waals surface area contributed by atoms with Crippen molar-refractivity contribution < 1.29 is 14.7 Å². The molecule has 0 aromatic carbocycles. The maximum atomic E-state index is 11.7. The Kier molecular flexibility index (Phi) is 3.25. The van der Waals surface area contributed by atoms with Gasteiger partial charge in [0.15, 0.2) is 0 Å². The van der Waals surface area contributed by atoms with Gasteiger partial charge in [-0.15, -0.1) is 0 Å². The van der Waals surface area contributed by atoms with Crippen molar-refractivity contribution in [1.82, 2.24) is 9.88 Å². The van der Waals surface area contributed by atoms with Crippen LogP contribution in [0.1, 0.15) is 18.5 Å². The first kappa shape index (κ1) is 12.8. The van der Waals surface area contributed by atoms with E-state index in [1.807, 2.05) is 0 Å². The van der Waals surface area contributed by atoms with Gasteiger partial charge in [-0.3, -0.25) is 19.0 Å². The van der Waals surface area contributed by atoms with Crippen LogP contribution in [0.25, 0.3) is 0 Å². The fourth-order valence-electron chi connectivity index (χ4n) is 1.68. The van der Waals surface area contributed by atoms with Gasteiger partial charge in [0.05, 0.1) is 5.41 Å². The zero-order valence-corrected chi connectivity index (χ0v) is 10.7. The summed E-state index contributed by atoms with van der Waals surface area (Å²) in [6.45, 7) is 1.84. The minimum atomic E-state index is -0.869. The topological polar surface area (TPSA) is 88.4 Å². The molecule has 1 saturated carbocycles. The number of thiazole rings is 1. The van der Waals surface area contributed by atoms with Crippen LogP contribution in [0.2, 0.25) is 0 Å². The van der Waals surface area contributed by atoms with Gasteiger partial charge in [0, 0.05) is 17.6 Å². The number of nitrogens with zero attached hydrogens (tertiary/aromatic N) is 1. The smallest absolute Gasteiger partial charge is 0.311 e. The van der Waals surface area contributed by atoms with Gasteiger partial charge >= 0.3 is 10.8 Å². The van der Waals surface area contributed by atoms with E-state index < -0.39 is 11.4 Å². The average Bonchev–Trinajstić information content (AvgIpc) is 3.05. The molecule has 0 saturated heterocycles. The summed E-state index contributed by atoms with van der Waals surface area (Å²) in [5.74, 6) is -1.20. The van der Waals surface area contributed by atoms with Crippen molar-refractivity contribution in [3.8, 4) is 0 Å². The zero-order valence-electron chi connectivity index (χ0n) is 9.93. The van der Waals surface area contributed by atoms with E-state index >= 15 is 0 Å². The summed E-state index contributed by atoms with van der Waals surface area (Å²) in [4.78, 5) is 33.8. The Balaban J connectivity index is 1.90. The Morgan fingerprint density at radius 3 is 2.67 bits per heavy atom. The SMILES string of the molecule is Cc1csc(=O)n1CC(=O)NCC1(C(=O)O)CC1. The predicted octanol–water partition coefficient (Wildman–Crippen LogP) is 0.199. The van der Waals surface area contributed by atoms with E-state index in [2.05, 4.69) is 5.32 Å². The second-order valence-corrected chi connectivity index (χ2v) is 5.41. The van der Waals surface area contributed by atoms with Crippen molar-refractivity contribution in [3.63, 3.8) is 0 Å². The molecule has 1 aromatic heterocycles. The van der Waals surface area contributed by atoms with E-state index in [-0.39, 0.29) is 23.9 Å². The number of carbonyl (C=O) groups excluding carboxylic acids is 1. The lowest BCUT2D eigenvalue weighted by atomic mass is 10.1. The Hall–Kier alpha value is -1.63. The number of rotatable bonds is 5. The van der Waals surface area contributed by atoms with Gasteiger partial charge in [-0.1, -0.05) is 11.3 Å². The molecule has 98 valence electrons. The van der Waals surface area contributed by atoms with Crippen molar-refractivity contribution >= 4 is 23.2 Å². The van der Waals surface area contributed by atoms with Gasteiger partial charge in [0.2, 0.25) is 5.91 Å². The molecule has 0 spiro atoms. The lowest BCUT2D eigenvalue weighted by Gasteiger charge is -2.11. The second-order valence-electron chi connectivity index (χ2n) is 4.59. The predicted molar refractivity (Wildman–Crippen MR) is 65.6 cm³/mol. The van der Waals surface area contributed by atoms with Crippen molar-refractivity contribution in [1.29, 1.82) is 0 Å². The van der Waals surface area contributed by atoms with E-state index in [0.29, 0.717) is 12.8 Å². The van der Waals surface area contributed by atoms with E-state index in [4.69, 9.17) is 5.11 Å². The number of aliphatic carboxylic acids is 1. The summed E-state index contributed by atoms with van der Waals surface area (Å²) in [7, 11) is 0. The maximum absolute atomic E-state index is 11.7. The Morgan fingerprint density at radius 2 is 2.22 bits per heavy atom. The highest BCUT2D eigenvalue weighted by Gasteiger charge is 2.50. The van der Waals surface area contributed by atoms with Crippen molar-refractivity contribution in [2.75, 3.05) is 6.54 Å². The van der Waals surface area contributed by atoms with E-state index in [1.54, 1.807) is 12.3 Å². The number of aromatic nitrogens is 1. The third-order valence-corrected chi connectivity index (χ3v) is 4.09. The monoisotopic (exact) mass is 270 g/mol. The standard InChI is InChI=1S/C11H14N2O4S/c1-7-5-18-10(17)13(7)4-8(14)12-6-11(2-3-11)9(15)16/h5H,2-4,6H2,1H3,(H,12,14)(H,15,16). The molecule has 0 atom stereocenters. The molecule has 0 bridgehead atoms. The molecule has 2 N–H and O–H groups in total. The van der Waals surface area contributed by atoms with Gasteiger partial charge < -0.3 is 10.4 Å². The summed E-state index contributed by atoms with van der Waals surface area (Å²) in [6, 6.07) is 0. The van der Waals surface area contributed by atoms with Crippen molar-refractivity contribution in [3.05, 3.63) is 20.7 Å². The number of carbonyl (C=O) groups is 2. The summed E-state index contributed by atoms with van der Waals surface area (Å²) < 4.78 is 1.38. The number of amides is 1. The summed E-state index contributed by atoms with van der Waals surface area (Å²) >= 11 is 1.05. The highest BCUT2D eigenvalue weighted by molar-refractivity contribution is 7.07. The Bertz CT molecular complexity index is 541. The van der Waals surface area contributed by atoms with Crippen LogP contribution in [0.4, 0.5) is 0 Å². The quantitative estimate of drug-likeness (QED) is 0.800. The van der Waals surface area contributed by atoms with Crippen LogP contribution >= 0.6 is 11.3 Å². The summed E-state index contributed by atoms with van der Waals surface area (Å²) in [5.41, 5.74) is -0.0378. The van der Waals surface area contributed by atoms with Gasteiger partial charge in [-0.25, -0.2) is 0 Å². The molecule has 0 aliphatic heterocycles. The number of hydrogen-bond donors (Lipinski definition) is 2. The van der Waals surface area contributed by atoms with Crippen LogP contribution in [-0.4, -0.2) is 28.1 Å². The molecule has 0 unspecified atom stereocenters. The van der Waals surface area contributed by atoms with Crippen LogP contribution in [-0.2, 0) is 16.1 Å². The molecular formula is C11H14N2O4S. The first-order valence-electron chi connectivity index (χ1n) is 5.60. The van der Waals surface area contributed by atoms with Crippen LogP contribution in [0.5, 0.6) is 0 Å². The highest BCUT2D eigenvalue weighted by atomic mass is 32.1. The molecule has 1 aliphatic rings. The Morgan fingerprint density at radius 1 is 1.56 bits per heavy atom. The third-order valence-electron chi connectivity index (χ3n) is 3.21. The minimum absolute atomic E-state index is 0.0517. The third kappa shape index (κ3) is 2.45. The number of hydrogen-bond acceptors (Lipinski definition) is 4. The van der Waals surface area contributed by atoms with E-state index in [0.717, 1.165) is 17.0 Å². The number of nitrogens with one attached hydrogen (secondary N) is 1. The molecule has 1 heterocycles. The molecule has 6 nitrogen and oxygen atoms in total. The number of carboxylic acid groups (broad SMARTS) is 1. The molecule has 18 heavy (non-hydrogen) atoms. The molecule has 1 aromatic rings. The fourth-order valence-corrected chi connectivity index (χ4v) is 2.41.